The van der Waals surface area contributed by atoms with E-state index in [1.54, 1.807) is 11.9 Å². The zero-order valence-electron chi connectivity index (χ0n) is 12.8. The van der Waals surface area contributed by atoms with Gasteiger partial charge in [0.2, 0.25) is 5.91 Å². The Hall–Kier alpha value is -1.34. The number of nitrogens with zero attached hydrogens (tertiary/aromatic N) is 2. The van der Waals surface area contributed by atoms with E-state index in [-0.39, 0.29) is 12.0 Å². The quantitative estimate of drug-likeness (QED) is 0.738. The summed E-state index contributed by atoms with van der Waals surface area (Å²) in [6, 6.07) is -0.534. The molecule has 7 nitrogen and oxygen atoms in total. The molecule has 2 amide bonds. The molecule has 1 heterocycles. The van der Waals surface area contributed by atoms with Gasteiger partial charge in [0.05, 0.1) is 6.04 Å². The first kappa shape index (κ1) is 16.7. The van der Waals surface area contributed by atoms with Crippen molar-refractivity contribution in [1.29, 1.82) is 0 Å². The van der Waals surface area contributed by atoms with Gasteiger partial charge >= 0.3 is 6.09 Å². The second-order valence-electron chi connectivity index (χ2n) is 5.99. The lowest BCUT2D eigenvalue weighted by atomic mass is 10.2. The molecule has 3 N–H and O–H groups in total. The summed E-state index contributed by atoms with van der Waals surface area (Å²) in [6.45, 7) is 8.64. The molecule has 7 heteroatoms. The van der Waals surface area contributed by atoms with Gasteiger partial charge in [0.1, 0.15) is 5.60 Å². The van der Waals surface area contributed by atoms with Crippen molar-refractivity contribution in [2.75, 3.05) is 39.8 Å². The number of piperazine rings is 1. The molecule has 0 spiro atoms. The summed E-state index contributed by atoms with van der Waals surface area (Å²) in [7, 11) is 1.57. The van der Waals surface area contributed by atoms with E-state index in [4.69, 9.17) is 10.5 Å². The van der Waals surface area contributed by atoms with Crippen LogP contribution in [-0.2, 0) is 9.53 Å². The third-order valence-corrected chi connectivity index (χ3v) is 3.06. The zero-order chi connectivity index (χ0) is 15.3. The fourth-order valence-corrected chi connectivity index (χ4v) is 1.99. The van der Waals surface area contributed by atoms with Crippen LogP contribution >= 0.6 is 0 Å². The predicted molar refractivity (Wildman–Crippen MR) is 76.3 cm³/mol. The van der Waals surface area contributed by atoms with Gasteiger partial charge in [-0.2, -0.15) is 0 Å². The van der Waals surface area contributed by atoms with Gasteiger partial charge in [0.25, 0.3) is 0 Å². The minimum atomic E-state index is -0.534. The highest BCUT2D eigenvalue weighted by Gasteiger charge is 2.27. The summed E-state index contributed by atoms with van der Waals surface area (Å²) in [5, 5.41) is 2.53. The molecule has 0 saturated carbocycles. The molecule has 1 unspecified atom stereocenters. The number of amides is 2. The summed E-state index contributed by atoms with van der Waals surface area (Å²) >= 11 is 0. The highest BCUT2D eigenvalue weighted by Crippen LogP contribution is 2.11. The van der Waals surface area contributed by atoms with E-state index in [0.717, 1.165) is 0 Å². The largest absolute Gasteiger partial charge is 0.444 e. The van der Waals surface area contributed by atoms with Crippen LogP contribution in [0.15, 0.2) is 0 Å². The highest BCUT2D eigenvalue weighted by atomic mass is 16.6. The second kappa shape index (κ2) is 6.90. The van der Waals surface area contributed by atoms with E-state index >= 15 is 0 Å². The third kappa shape index (κ3) is 5.34. The van der Waals surface area contributed by atoms with Crippen molar-refractivity contribution in [3.8, 4) is 0 Å². The Bertz CT molecular complexity index is 346. The van der Waals surface area contributed by atoms with Gasteiger partial charge in [0.15, 0.2) is 0 Å². The Labute approximate surface area is 120 Å². The molecule has 1 aliphatic rings. The Morgan fingerprint density at radius 3 is 2.25 bits per heavy atom. The number of likely N-dealkylation sites (N-methyl/N-ethyl adjacent to an activating group) is 1. The van der Waals surface area contributed by atoms with Gasteiger partial charge in [-0.15, -0.1) is 0 Å². The Morgan fingerprint density at radius 2 is 1.80 bits per heavy atom. The molecule has 116 valence electrons. The minimum absolute atomic E-state index is 0.167. The fraction of sp³-hybridized carbons (Fsp3) is 0.846. The summed E-state index contributed by atoms with van der Waals surface area (Å²) in [6.07, 6.45) is -0.284. The number of hydrogen-bond acceptors (Lipinski definition) is 5. The summed E-state index contributed by atoms with van der Waals surface area (Å²) in [4.78, 5) is 27.0. The van der Waals surface area contributed by atoms with Gasteiger partial charge in [-0.25, -0.2) is 4.79 Å². The maximum absolute atomic E-state index is 11.9. The van der Waals surface area contributed by atoms with E-state index in [2.05, 4.69) is 10.2 Å². The summed E-state index contributed by atoms with van der Waals surface area (Å²) in [5.41, 5.74) is 5.30. The van der Waals surface area contributed by atoms with Crippen molar-refractivity contribution in [2.24, 2.45) is 5.73 Å². The van der Waals surface area contributed by atoms with Gasteiger partial charge in [0, 0.05) is 39.8 Å². The maximum Gasteiger partial charge on any atom is 0.410 e. The van der Waals surface area contributed by atoms with Crippen LogP contribution in [0, 0.1) is 0 Å². The van der Waals surface area contributed by atoms with Crippen molar-refractivity contribution in [2.45, 2.75) is 32.4 Å². The van der Waals surface area contributed by atoms with Crippen molar-refractivity contribution in [3.63, 3.8) is 0 Å². The molecule has 0 aromatic rings. The fourth-order valence-electron chi connectivity index (χ4n) is 1.99. The van der Waals surface area contributed by atoms with Crippen molar-refractivity contribution >= 4 is 12.0 Å². The second-order valence-corrected chi connectivity index (χ2v) is 5.99. The number of carbonyl (C=O) groups excluding carboxylic acids is 2. The van der Waals surface area contributed by atoms with Gasteiger partial charge < -0.3 is 20.7 Å². The number of nitrogens with two attached hydrogens (primary N) is 1. The number of hydrogen-bond donors (Lipinski definition) is 2. The zero-order valence-corrected chi connectivity index (χ0v) is 12.8. The molecule has 0 aromatic heterocycles. The van der Waals surface area contributed by atoms with Crippen molar-refractivity contribution in [1.82, 2.24) is 15.1 Å². The van der Waals surface area contributed by atoms with Crippen LogP contribution in [0.2, 0.25) is 0 Å². The minimum Gasteiger partial charge on any atom is -0.444 e. The summed E-state index contributed by atoms with van der Waals surface area (Å²) in [5.74, 6) is -0.167. The SMILES string of the molecule is CNC(=O)C(N)CN1CCN(C(=O)OC(C)(C)C)CC1. The van der Waals surface area contributed by atoms with E-state index in [1.807, 2.05) is 20.8 Å². The lowest BCUT2D eigenvalue weighted by Crippen LogP contribution is -2.54. The Balaban J connectivity index is 2.36. The smallest absolute Gasteiger partial charge is 0.410 e. The first-order valence-corrected chi connectivity index (χ1v) is 6.90. The highest BCUT2D eigenvalue weighted by molar-refractivity contribution is 5.81. The van der Waals surface area contributed by atoms with Crippen LogP contribution in [0.1, 0.15) is 20.8 Å². The molecule has 1 fully saturated rings. The summed E-state index contributed by atoms with van der Waals surface area (Å²) < 4.78 is 5.33. The maximum atomic E-state index is 11.9. The van der Waals surface area contributed by atoms with Crippen LogP contribution in [0.5, 0.6) is 0 Å². The molecule has 1 atom stereocenters. The first-order chi connectivity index (χ1) is 9.23. The molecular formula is C13H26N4O3. The molecule has 0 aliphatic carbocycles. The van der Waals surface area contributed by atoms with E-state index in [1.165, 1.54) is 0 Å². The molecule has 20 heavy (non-hydrogen) atoms. The predicted octanol–water partition coefficient (Wildman–Crippen LogP) is -0.388. The van der Waals surface area contributed by atoms with Gasteiger partial charge in [-0.3, -0.25) is 9.69 Å². The molecule has 1 aliphatic heterocycles. The van der Waals surface area contributed by atoms with Gasteiger partial charge in [-0.05, 0) is 20.8 Å². The number of ether oxygens (including phenoxy) is 1. The number of rotatable bonds is 3. The van der Waals surface area contributed by atoms with E-state index in [9.17, 15) is 9.59 Å². The Kier molecular flexibility index (Phi) is 5.76. The first-order valence-electron chi connectivity index (χ1n) is 6.90. The molecular weight excluding hydrogens is 260 g/mol. The lowest BCUT2D eigenvalue weighted by molar-refractivity contribution is -0.122. The van der Waals surface area contributed by atoms with E-state index in [0.29, 0.717) is 32.7 Å². The van der Waals surface area contributed by atoms with E-state index < -0.39 is 11.6 Å². The van der Waals surface area contributed by atoms with Crippen LogP contribution in [0.4, 0.5) is 4.79 Å². The number of carbonyl (C=O) groups is 2. The van der Waals surface area contributed by atoms with Crippen molar-refractivity contribution < 1.29 is 14.3 Å². The molecule has 1 rings (SSSR count). The van der Waals surface area contributed by atoms with Crippen LogP contribution in [-0.4, -0.2) is 73.2 Å². The van der Waals surface area contributed by atoms with Gasteiger partial charge in [-0.1, -0.05) is 0 Å². The number of nitrogens with one attached hydrogen (secondary N) is 1. The average Bonchev–Trinajstić information content (AvgIpc) is 2.36. The monoisotopic (exact) mass is 286 g/mol. The average molecular weight is 286 g/mol. The van der Waals surface area contributed by atoms with Crippen LogP contribution in [0.25, 0.3) is 0 Å². The molecule has 0 bridgehead atoms. The molecule has 1 saturated heterocycles. The molecule has 0 aromatic carbocycles. The lowest BCUT2D eigenvalue weighted by Gasteiger charge is -2.36. The van der Waals surface area contributed by atoms with Crippen LogP contribution < -0.4 is 11.1 Å². The van der Waals surface area contributed by atoms with Crippen LogP contribution in [0.3, 0.4) is 0 Å². The normalized spacial score (nSPS) is 18.6. The third-order valence-electron chi connectivity index (χ3n) is 3.06. The standard InChI is InChI=1S/C13H26N4O3/c1-13(2,3)20-12(19)17-7-5-16(6-8-17)9-10(14)11(18)15-4/h10H,5-9,14H2,1-4H3,(H,15,18). The Morgan fingerprint density at radius 1 is 1.25 bits per heavy atom. The van der Waals surface area contributed by atoms with Crippen molar-refractivity contribution in [3.05, 3.63) is 0 Å². The topological polar surface area (TPSA) is 87.9 Å². The molecule has 0 radical (unpaired) electrons.